The summed E-state index contributed by atoms with van der Waals surface area (Å²) in [4.78, 5) is 30.5. The molecule has 0 aliphatic heterocycles. The zero-order valence-corrected chi connectivity index (χ0v) is 9.08. The average Bonchev–Trinajstić information content (AvgIpc) is 2.90. The van der Waals surface area contributed by atoms with Gasteiger partial charge in [-0.3, -0.25) is 20.4 Å². The highest BCUT2D eigenvalue weighted by Gasteiger charge is 2.14. The minimum absolute atomic E-state index is 0.0257. The third-order valence-corrected chi connectivity index (χ3v) is 1.98. The molecule has 0 saturated heterocycles. The van der Waals surface area contributed by atoms with Crippen molar-refractivity contribution in [2.75, 3.05) is 5.73 Å². The summed E-state index contributed by atoms with van der Waals surface area (Å²) in [5.41, 5.74) is 9.69. The lowest BCUT2D eigenvalue weighted by Gasteiger charge is -2.06. The number of hydrogen-bond donors (Lipinski definition) is 3. The van der Waals surface area contributed by atoms with Crippen LogP contribution in [0.25, 0.3) is 0 Å². The van der Waals surface area contributed by atoms with Crippen molar-refractivity contribution in [3.05, 3.63) is 42.2 Å². The van der Waals surface area contributed by atoms with Crippen molar-refractivity contribution in [1.82, 2.24) is 20.8 Å². The van der Waals surface area contributed by atoms with Crippen molar-refractivity contribution in [3.63, 3.8) is 0 Å². The van der Waals surface area contributed by atoms with Crippen molar-refractivity contribution in [2.24, 2.45) is 0 Å². The lowest BCUT2D eigenvalue weighted by Crippen LogP contribution is -2.42. The summed E-state index contributed by atoms with van der Waals surface area (Å²) in [5.74, 6) is -1.21. The number of nitrogens with one attached hydrogen (secondary N) is 2. The number of hydrazine groups is 1. The largest absolute Gasteiger partial charge is 0.459 e. The van der Waals surface area contributed by atoms with Gasteiger partial charge in [0.25, 0.3) is 5.91 Å². The Labute approximate surface area is 101 Å². The molecule has 2 aromatic heterocycles. The van der Waals surface area contributed by atoms with Crippen LogP contribution in [-0.4, -0.2) is 21.8 Å². The molecule has 2 aromatic rings. The molecule has 0 radical (unpaired) electrons. The summed E-state index contributed by atoms with van der Waals surface area (Å²) in [7, 11) is 0. The minimum Gasteiger partial charge on any atom is -0.459 e. The molecule has 0 spiro atoms. The van der Waals surface area contributed by atoms with Gasteiger partial charge in [-0.15, -0.1) is 0 Å². The number of rotatable bonds is 2. The van der Waals surface area contributed by atoms with Gasteiger partial charge in [0, 0.05) is 12.4 Å². The number of carbonyl (C=O) groups excluding carboxylic acids is 2. The van der Waals surface area contributed by atoms with Gasteiger partial charge in [0.05, 0.1) is 6.26 Å². The quantitative estimate of drug-likeness (QED) is 0.627. The highest BCUT2D eigenvalue weighted by molar-refractivity contribution is 5.99. The maximum absolute atomic E-state index is 11.6. The number of hydrogen-bond acceptors (Lipinski definition) is 6. The molecular formula is C10H9N5O3. The second-order valence-corrected chi connectivity index (χ2v) is 3.18. The van der Waals surface area contributed by atoms with Crippen LogP contribution in [0.3, 0.4) is 0 Å². The molecule has 18 heavy (non-hydrogen) atoms. The van der Waals surface area contributed by atoms with Crippen molar-refractivity contribution in [2.45, 2.75) is 0 Å². The Morgan fingerprint density at radius 2 is 1.89 bits per heavy atom. The topological polar surface area (TPSA) is 123 Å². The first kappa shape index (κ1) is 11.6. The van der Waals surface area contributed by atoms with Gasteiger partial charge in [-0.25, -0.2) is 9.97 Å². The zero-order chi connectivity index (χ0) is 13.0. The molecule has 2 amide bonds. The van der Waals surface area contributed by atoms with Crippen LogP contribution in [0.2, 0.25) is 0 Å². The van der Waals surface area contributed by atoms with E-state index < -0.39 is 11.8 Å². The second-order valence-electron chi connectivity index (χ2n) is 3.18. The summed E-state index contributed by atoms with van der Waals surface area (Å²) in [6.07, 6.45) is 4.02. The molecule has 2 heterocycles. The first-order valence-corrected chi connectivity index (χ1v) is 4.89. The van der Waals surface area contributed by atoms with E-state index in [0.29, 0.717) is 0 Å². The first-order chi connectivity index (χ1) is 8.68. The van der Waals surface area contributed by atoms with Gasteiger partial charge >= 0.3 is 5.91 Å². The monoisotopic (exact) mass is 247 g/mol. The first-order valence-electron chi connectivity index (χ1n) is 4.89. The van der Waals surface area contributed by atoms with Gasteiger partial charge in [-0.1, -0.05) is 0 Å². The van der Waals surface area contributed by atoms with E-state index in [0.717, 1.165) is 0 Å². The molecule has 0 atom stereocenters. The Balaban J connectivity index is 1.97. The molecule has 8 nitrogen and oxygen atoms in total. The molecule has 2 rings (SSSR count). The smallest absolute Gasteiger partial charge is 0.305 e. The summed E-state index contributed by atoms with van der Waals surface area (Å²) < 4.78 is 4.84. The van der Waals surface area contributed by atoms with E-state index in [-0.39, 0.29) is 17.3 Å². The molecular weight excluding hydrogens is 238 g/mol. The van der Waals surface area contributed by atoms with Crippen LogP contribution in [0.5, 0.6) is 0 Å². The number of carbonyl (C=O) groups is 2. The molecule has 0 aliphatic rings. The average molecular weight is 247 g/mol. The van der Waals surface area contributed by atoms with Crippen LogP contribution < -0.4 is 16.6 Å². The second kappa shape index (κ2) is 4.95. The van der Waals surface area contributed by atoms with E-state index in [2.05, 4.69) is 20.8 Å². The van der Waals surface area contributed by atoms with Crippen LogP contribution in [0.1, 0.15) is 21.0 Å². The predicted octanol–water partition coefficient (Wildman–Crippen LogP) is -0.273. The van der Waals surface area contributed by atoms with Gasteiger partial charge < -0.3 is 10.2 Å². The Bertz CT molecular complexity index is 567. The van der Waals surface area contributed by atoms with Gasteiger partial charge in [0.2, 0.25) is 0 Å². The molecule has 0 aliphatic carbocycles. The molecule has 0 saturated carbocycles. The minimum atomic E-state index is -0.666. The van der Waals surface area contributed by atoms with Crippen molar-refractivity contribution in [3.8, 4) is 0 Å². The maximum atomic E-state index is 11.6. The molecule has 92 valence electrons. The number of nitrogens with zero attached hydrogens (tertiary/aromatic N) is 2. The van der Waals surface area contributed by atoms with Crippen LogP contribution in [0.15, 0.2) is 35.2 Å². The van der Waals surface area contributed by atoms with E-state index in [9.17, 15) is 9.59 Å². The molecule has 0 aromatic carbocycles. The van der Waals surface area contributed by atoms with E-state index in [4.69, 9.17) is 10.2 Å². The Morgan fingerprint density at radius 3 is 2.56 bits per heavy atom. The van der Waals surface area contributed by atoms with Gasteiger partial charge in [-0.05, 0) is 12.1 Å². The van der Waals surface area contributed by atoms with Crippen molar-refractivity contribution < 1.29 is 14.0 Å². The highest BCUT2D eigenvalue weighted by atomic mass is 16.3. The summed E-state index contributed by atoms with van der Waals surface area (Å²) in [6.45, 7) is 0. The molecule has 8 heteroatoms. The van der Waals surface area contributed by atoms with E-state index in [1.54, 1.807) is 6.07 Å². The fourth-order valence-electron chi connectivity index (χ4n) is 1.17. The van der Waals surface area contributed by atoms with Crippen molar-refractivity contribution in [1.29, 1.82) is 0 Å². The Kier molecular flexibility index (Phi) is 3.19. The van der Waals surface area contributed by atoms with E-state index in [1.807, 2.05) is 0 Å². The zero-order valence-electron chi connectivity index (χ0n) is 9.08. The molecule has 4 N–H and O–H groups in total. The van der Waals surface area contributed by atoms with Crippen LogP contribution in [-0.2, 0) is 0 Å². The molecule has 0 bridgehead atoms. The Morgan fingerprint density at radius 1 is 1.17 bits per heavy atom. The Hall–Kier alpha value is -2.90. The van der Waals surface area contributed by atoms with Gasteiger partial charge in [0.1, 0.15) is 0 Å². The van der Waals surface area contributed by atoms with Crippen LogP contribution in [0.4, 0.5) is 5.82 Å². The highest BCUT2D eigenvalue weighted by Crippen LogP contribution is 2.02. The molecule has 0 unspecified atom stereocenters. The molecule has 0 fully saturated rings. The standard InChI is InChI=1S/C10H9N5O3/c11-8-7(12-3-4-13-8)10(17)15-14-9(16)6-2-1-5-18-6/h1-5H,(H2,11,13)(H,14,16)(H,15,17). The third kappa shape index (κ3) is 2.43. The number of furan rings is 1. The van der Waals surface area contributed by atoms with Crippen LogP contribution in [0, 0.1) is 0 Å². The van der Waals surface area contributed by atoms with E-state index in [1.165, 1.54) is 24.7 Å². The number of anilines is 1. The summed E-state index contributed by atoms with van der Waals surface area (Å²) >= 11 is 0. The number of nitrogen functional groups attached to an aromatic ring is 1. The maximum Gasteiger partial charge on any atom is 0.305 e. The predicted molar refractivity (Wildman–Crippen MR) is 60.1 cm³/mol. The van der Waals surface area contributed by atoms with E-state index >= 15 is 0 Å². The fraction of sp³-hybridized carbons (Fsp3) is 0. The summed E-state index contributed by atoms with van der Waals surface area (Å²) in [5, 5.41) is 0. The number of amides is 2. The summed E-state index contributed by atoms with van der Waals surface area (Å²) in [6, 6.07) is 3.01. The van der Waals surface area contributed by atoms with Crippen molar-refractivity contribution >= 4 is 17.6 Å². The normalized spacial score (nSPS) is 9.78. The van der Waals surface area contributed by atoms with Crippen LogP contribution >= 0.6 is 0 Å². The lowest BCUT2D eigenvalue weighted by molar-refractivity contribution is 0.0828. The SMILES string of the molecule is Nc1nccnc1C(=O)NNC(=O)c1ccco1. The number of aromatic nitrogens is 2. The fourth-order valence-corrected chi connectivity index (χ4v) is 1.17. The van der Waals surface area contributed by atoms with Gasteiger partial charge in [0.15, 0.2) is 17.3 Å². The lowest BCUT2D eigenvalue weighted by atomic mass is 10.4. The number of nitrogens with two attached hydrogens (primary N) is 1. The van der Waals surface area contributed by atoms with Gasteiger partial charge in [-0.2, -0.15) is 0 Å². The third-order valence-electron chi connectivity index (χ3n) is 1.98.